The van der Waals surface area contributed by atoms with E-state index in [9.17, 15) is 18.0 Å². The van der Waals surface area contributed by atoms with Crippen molar-refractivity contribution in [2.75, 3.05) is 6.54 Å². The molecule has 3 heterocycles. The molecule has 0 aliphatic carbocycles. The number of aryl methyl sites for hydroxylation is 2. The summed E-state index contributed by atoms with van der Waals surface area (Å²) in [5.41, 5.74) is 2.20. The third kappa shape index (κ3) is 3.96. The van der Waals surface area contributed by atoms with Crippen LogP contribution in [0.15, 0.2) is 53.2 Å². The van der Waals surface area contributed by atoms with Gasteiger partial charge in [0, 0.05) is 25.5 Å². The minimum Gasteiger partial charge on any atom is -0.441 e. The van der Waals surface area contributed by atoms with Crippen LogP contribution in [0.4, 0.5) is 13.2 Å². The Hall–Kier alpha value is -3.69. The van der Waals surface area contributed by atoms with Crippen LogP contribution in [0.5, 0.6) is 0 Å². The van der Waals surface area contributed by atoms with E-state index in [0.717, 1.165) is 5.56 Å². The Bertz CT molecular complexity index is 1320. The molecule has 0 unspecified atom stereocenters. The Morgan fingerprint density at radius 2 is 1.97 bits per heavy atom. The van der Waals surface area contributed by atoms with Crippen molar-refractivity contribution in [1.29, 1.82) is 0 Å². The van der Waals surface area contributed by atoms with E-state index in [0.29, 0.717) is 16.8 Å². The number of likely N-dealkylation sites (tertiary alicyclic amines) is 1. The largest absolute Gasteiger partial charge is 0.441 e. The number of hydrogen-bond acceptors (Lipinski definition) is 5. The molecule has 7 nitrogen and oxygen atoms in total. The number of rotatable bonds is 5. The van der Waals surface area contributed by atoms with Crippen LogP contribution in [0.2, 0.25) is 0 Å². The maximum absolute atomic E-state index is 14.8. The van der Waals surface area contributed by atoms with Gasteiger partial charge < -0.3 is 9.32 Å². The van der Waals surface area contributed by atoms with Gasteiger partial charge in [-0.1, -0.05) is 11.6 Å². The molecule has 10 heteroatoms. The number of alkyl halides is 2. The summed E-state index contributed by atoms with van der Waals surface area (Å²) in [6.45, 7) is 1.75. The van der Waals surface area contributed by atoms with Gasteiger partial charge >= 0.3 is 0 Å². The highest BCUT2D eigenvalue weighted by Crippen LogP contribution is 2.38. The van der Waals surface area contributed by atoms with Crippen molar-refractivity contribution >= 4 is 17.0 Å². The SMILES string of the molecule is Cc1ccc(-n2nccn2)c(C(=O)N2CCC(F)(F)[C@H]2CCc2nc3cc(F)ccc3o2)c1. The molecular weight excluding hydrogens is 435 g/mol. The number of oxazole rings is 1. The monoisotopic (exact) mass is 455 g/mol. The maximum Gasteiger partial charge on any atom is 0.269 e. The molecule has 1 amide bonds. The van der Waals surface area contributed by atoms with E-state index in [1.165, 1.54) is 40.3 Å². The van der Waals surface area contributed by atoms with Gasteiger partial charge in [0.15, 0.2) is 11.5 Å². The quantitative estimate of drug-likeness (QED) is 0.448. The molecule has 1 aliphatic heterocycles. The van der Waals surface area contributed by atoms with Crippen LogP contribution in [0.1, 0.15) is 34.7 Å². The van der Waals surface area contributed by atoms with Crippen LogP contribution >= 0.6 is 0 Å². The third-order valence-electron chi connectivity index (χ3n) is 5.85. The van der Waals surface area contributed by atoms with E-state index in [4.69, 9.17) is 4.42 Å². The van der Waals surface area contributed by atoms with Crippen LogP contribution < -0.4 is 0 Å². The highest BCUT2D eigenvalue weighted by molar-refractivity contribution is 5.98. The Kier molecular flexibility index (Phi) is 5.15. The van der Waals surface area contributed by atoms with Crippen LogP contribution in [0.3, 0.4) is 0 Å². The Morgan fingerprint density at radius 1 is 1.18 bits per heavy atom. The first-order valence-corrected chi connectivity index (χ1v) is 10.5. The zero-order chi connectivity index (χ0) is 23.2. The second kappa shape index (κ2) is 8.02. The van der Waals surface area contributed by atoms with Crippen LogP contribution in [-0.2, 0) is 6.42 Å². The number of amides is 1. The summed E-state index contributed by atoms with van der Waals surface area (Å²) in [6.07, 6.45) is 2.57. The maximum atomic E-state index is 14.8. The first-order chi connectivity index (χ1) is 15.8. The Balaban J connectivity index is 1.42. The van der Waals surface area contributed by atoms with E-state index >= 15 is 0 Å². The minimum absolute atomic E-state index is 0.0464. The van der Waals surface area contributed by atoms with Crippen molar-refractivity contribution in [3.8, 4) is 5.69 Å². The molecule has 0 saturated carbocycles. The van der Waals surface area contributed by atoms with Crippen molar-refractivity contribution in [3.63, 3.8) is 0 Å². The van der Waals surface area contributed by atoms with Gasteiger partial charge in [-0.25, -0.2) is 18.2 Å². The summed E-state index contributed by atoms with van der Waals surface area (Å²) in [7, 11) is 0. The molecule has 1 aliphatic rings. The molecule has 1 fully saturated rings. The average molecular weight is 455 g/mol. The van der Waals surface area contributed by atoms with Gasteiger partial charge in [-0.3, -0.25) is 4.79 Å². The molecule has 33 heavy (non-hydrogen) atoms. The number of aromatic nitrogens is 4. The first kappa shape index (κ1) is 21.2. The second-order valence-corrected chi connectivity index (χ2v) is 8.12. The van der Waals surface area contributed by atoms with Gasteiger partial charge in [-0.05, 0) is 37.6 Å². The molecule has 0 N–H and O–H groups in total. The van der Waals surface area contributed by atoms with Crippen molar-refractivity contribution < 1.29 is 22.4 Å². The molecule has 2 aromatic heterocycles. The predicted molar refractivity (Wildman–Crippen MR) is 113 cm³/mol. The molecule has 1 atom stereocenters. The van der Waals surface area contributed by atoms with E-state index < -0.39 is 30.1 Å². The fourth-order valence-electron chi connectivity index (χ4n) is 4.24. The van der Waals surface area contributed by atoms with Crippen molar-refractivity contribution in [1.82, 2.24) is 24.9 Å². The Morgan fingerprint density at radius 3 is 2.76 bits per heavy atom. The summed E-state index contributed by atoms with van der Waals surface area (Å²) >= 11 is 0. The first-order valence-electron chi connectivity index (χ1n) is 10.5. The molecule has 4 aromatic rings. The molecule has 0 spiro atoms. The average Bonchev–Trinajstić information content (AvgIpc) is 3.50. The standard InChI is InChI=1S/C23H20F3N5O2/c1-14-2-4-18(31-27-9-10-28-31)16(12-14)22(32)30-11-8-23(25,26)20(30)6-7-21-29-17-13-15(24)3-5-19(17)33-21/h2-5,9-10,12-13,20H,6-8,11H2,1H3/t20-/m1/s1. The van der Waals surface area contributed by atoms with Gasteiger partial charge in [0.1, 0.15) is 11.3 Å². The van der Waals surface area contributed by atoms with E-state index in [-0.39, 0.29) is 30.8 Å². The van der Waals surface area contributed by atoms with Crippen molar-refractivity contribution in [3.05, 3.63) is 71.6 Å². The lowest BCUT2D eigenvalue weighted by atomic mass is 10.0. The molecule has 170 valence electrons. The van der Waals surface area contributed by atoms with Crippen LogP contribution in [-0.4, -0.2) is 49.3 Å². The molecule has 2 aromatic carbocycles. The molecule has 1 saturated heterocycles. The summed E-state index contributed by atoms with van der Waals surface area (Å²) < 4.78 is 48.6. The number of hydrogen-bond donors (Lipinski definition) is 0. The van der Waals surface area contributed by atoms with Crippen LogP contribution in [0, 0.1) is 12.7 Å². The lowest BCUT2D eigenvalue weighted by Gasteiger charge is -2.28. The van der Waals surface area contributed by atoms with E-state index in [1.54, 1.807) is 12.1 Å². The zero-order valence-electron chi connectivity index (χ0n) is 17.7. The van der Waals surface area contributed by atoms with Gasteiger partial charge in [0.05, 0.1) is 29.7 Å². The molecule has 0 radical (unpaired) electrons. The fraction of sp³-hybridized carbons (Fsp3) is 0.304. The summed E-state index contributed by atoms with van der Waals surface area (Å²) in [4.78, 5) is 20.2. The number of nitrogens with zero attached hydrogens (tertiary/aromatic N) is 5. The third-order valence-corrected chi connectivity index (χ3v) is 5.85. The normalized spacial score (nSPS) is 17.7. The lowest BCUT2D eigenvalue weighted by molar-refractivity contribution is -0.0323. The number of carbonyl (C=O) groups excluding carboxylic acids is 1. The van der Waals surface area contributed by atoms with Crippen LogP contribution in [0.25, 0.3) is 16.8 Å². The number of benzene rings is 2. The summed E-state index contributed by atoms with van der Waals surface area (Å²) in [5.74, 6) is -3.79. The predicted octanol–water partition coefficient (Wildman–Crippen LogP) is 4.34. The lowest BCUT2D eigenvalue weighted by Crippen LogP contribution is -2.43. The highest BCUT2D eigenvalue weighted by atomic mass is 19.3. The number of fused-ring (bicyclic) bond motifs is 1. The molecular formula is C23H20F3N5O2. The Labute approximate surface area is 186 Å². The van der Waals surface area contributed by atoms with Gasteiger partial charge in [0.2, 0.25) is 0 Å². The minimum atomic E-state index is -3.05. The topological polar surface area (TPSA) is 77.1 Å². The fourth-order valence-corrected chi connectivity index (χ4v) is 4.24. The van der Waals surface area contributed by atoms with E-state index in [2.05, 4.69) is 15.2 Å². The smallest absolute Gasteiger partial charge is 0.269 e. The van der Waals surface area contributed by atoms with Gasteiger partial charge in [0.25, 0.3) is 11.8 Å². The van der Waals surface area contributed by atoms with Gasteiger partial charge in [-0.2, -0.15) is 15.0 Å². The highest BCUT2D eigenvalue weighted by Gasteiger charge is 2.50. The number of carbonyl (C=O) groups is 1. The molecule has 0 bridgehead atoms. The van der Waals surface area contributed by atoms with E-state index in [1.807, 2.05) is 13.0 Å². The van der Waals surface area contributed by atoms with Crippen molar-refractivity contribution in [2.45, 2.75) is 38.2 Å². The zero-order valence-corrected chi connectivity index (χ0v) is 17.7. The van der Waals surface area contributed by atoms with Crippen molar-refractivity contribution in [2.24, 2.45) is 0 Å². The summed E-state index contributed by atoms with van der Waals surface area (Å²) in [6, 6.07) is 7.76. The summed E-state index contributed by atoms with van der Waals surface area (Å²) in [5, 5.41) is 8.15. The number of halogens is 3. The second-order valence-electron chi connectivity index (χ2n) is 8.12. The molecule has 5 rings (SSSR count). The van der Waals surface area contributed by atoms with Gasteiger partial charge in [-0.15, -0.1) is 0 Å².